The second-order valence-electron chi connectivity index (χ2n) is 16.1. The molecule has 0 fully saturated rings. The van der Waals surface area contributed by atoms with Gasteiger partial charge in [-0.05, 0) is 127 Å². The van der Waals surface area contributed by atoms with Gasteiger partial charge in [-0.3, -0.25) is 0 Å². The van der Waals surface area contributed by atoms with Crippen LogP contribution in [0, 0.1) is 0 Å². The second-order valence-corrected chi connectivity index (χ2v) is 16.1. The smallest absolute Gasteiger partial charge is 0.135 e. The number of benzene rings is 10. The summed E-state index contributed by atoms with van der Waals surface area (Å²) in [5, 5.41) is 1.10. The van der Waals surface area contributed by atoms with E-state index >= 15 is 0 Å². The third-order valence-corrected chi connectivity index (χ3v) is 12.1. The molecule has 0 unspecified atom stereocenters. The maximum Gasteiger partial charge on any atom is 0.135 e. The van der Waals surface area contributed by atoms with Crippen LogP contribution in [0.15, 0.2) is 265 Å². The highest BCUT2D eigenvalue weighted by Gasteiger charge is 2.17. The van der Waals surface area contributed by atoms with Gasteiger partial charge in [-0.1, -0.05) is 200 Å². The SMILES string of the molecule is c1ccc(-c2cccc(-c3ccc(N(c4ccc(-c5cccc(-c6cc7ccccc7o6)c5)cc4)c4ccc(-c5ccccc5-c5ccccc5-c5ccccc5)cc4)cc3)c2)cc1. The molecule has 0 saturated carbocycles. The van der Waals surface area contributed by atoms with Crippen LogP contribution in [0.4, 0.5) is 17.1 Å². The monoisotopic (exact) mass is 817 g/mol. The first-order valence-electron chi connectivity index (χ1n) is 21.8. The van der Waals surface area contributed by atoms with E-state index in [4.69, 9.17) is 4.42 Å². The normalized spacial score (nSPS) is 11.1. The lowest BCUT2D eigenvalue weighted by Gasteiger charge is -2.26. The minimum absolute atomic E-state index is 0.868. The first kappa shape index (κ1) is 38.5. The zero-order valence-corrected chi connectivity index (χ0v) is 35.2. The molecule has 0 atom stereocenters. The molecular weight excluding hydrogens is 775 g/mol. The topological polar surface area (TPSA) is 16.4 Å². The Labute approximate surface area is 374 Å². The standard InChI is InChI=1S/C62H43NO/c1-3-15-44(16-4-1)49-20-13-21-50(41-49)45-29-35-54(36-30-45)63(55-37-31-46(32-38-55)51-22-14-23-52(42-51)62-43-53-19-7-12-28-61(53)64-62)56-39-33-48(34-40-56)58-25-9-11-27-60(58)59-26-10-8-24-57(59)47-17-5-2-6-18-47/h1-43H. The van der Waals surface area contributed by atoms with Gasteiger partial charge in [-0.25, -0.2) is 0 Å². The Kier molecular flexibility index (Phi) is 10.3. The van der Waals surface area contributed by atoms with Crippen molar-refractivity contribution in [2.45, 2.75) is 0 Å². The van der Waals surface area contributed by atoms with Crippen LogP contribution in [0.1, 0.15) is 0 Å². The second kappa shape index (κ2) is 17.1. The van der Waals surface area contributed by atoms with Gasteiger partial charge in [0.25, 0.3) is 0 Å². The van der Waals surface area contributed by atoms with E-state index in [0.717, 1.165) is 56.0 Å². The molecule has 0 N–H and O–H groups in total. The Hall–Kier alpha value is -8.46. The van der Waals surface area contributed by atoms with Crippen molar-refractivity contribution in [3.63, 3.8) is 0 Å². The lowest BCUT2D eigenvalue weighted by molar-refractivity contribution is 0.631. The van der Waals surface area contributed by atoms with Crippen LogP contribution in [0.2, 0.25) is 0 Å². The summed E-state index contributed by atoms with van der Waals surface area (Å²) in [6.45, 7) is 0. The van der Waals surface area contributed by atoms with E-state index in [2.05, 4.69) is 248 Å². The molecule has 0 spiro atoms. The van der Waals surface area contributed by atoms with Gasteiger partial charge < -0.3 is 9.32 Å². The van der Waals surface area contributed by atoms with Gasteiger partial charge in [-0.2, -0.15) is 0 Å². The molecule has 10 aromatic carbocycles. The van der Waals surface area contributed by atoms with Gasteiger partial charge >= 0.3 is 0 Å². The van der Waals surface area contributed by atoms with Crippen LogP contribution in [-0.2, 0) is 0 Å². The van der Waals surface area contributed by atoms with Gasteiger partial charge in [0.05, 0.1) is 0 Å². The molecular formula is C62H43NO. The number of hydrogen-bond acceptors (Lipinski definition) is 2. The molecule has 11 aromatic rings. The summed E-state index contributed by atoms with van der Waals surface area (Å²) in [5.74, 6) is 0.868. The molecule has 1 heterocycles. The Balaban J connectivity index is 0.953. The van der Waals surface area contributed by atoms with Crippen LogP contribution < -0.4 is 4.90 Å². The van der Waals surface area contributed by atoms with Gasteiger partial charge in [0, 0.05) is 28.0 Å². The third-order valence-electron chi connectivity index (χ3n) is 12.1. The van der Waals surface area contributed by atoms with E-state index in [9.17, 15) is 0 Å². The van der Waals surface area contributed by atoms with Crippen molar-refractivity contribution in [1.29, 1.82) is 0 Å². The fraction of sp³-hybridized carbons (Fsp3) is 0. The maximum atomic E-state index is 6.24. The molecule has 2 heteroatoms. The van der Waals surface area contributed by atoms with Crippen molar-refractivity contribution in [2.75, 3.05) is 4.90 Å². The lowest BCUT2D eigenvalue weighted by Crippen LogP contribution is -2.09. The van der Waals surface area contributed by atoms with E-state index in [0.29, 0.717) is 0 Å². The first-order valence-corrected chi connectivity index (χ1v) is 21.8. The molecule has 302 valence electrons. The van der Waals surface area contributed by atoms with Gasteiger partial charge in [-0.15, -0.1) is 0 Å². The average Bonchev–Trinajstić information content (AvgIpc) is 3.83. The zero-order chi connectivity index (χ0) is 42.7. The molecule has 0 amide bonds. The molecule has 11 rings (SSSR count). The maximum absolute atomic E-state index is 6.24. The number of nitrogens with zero attached hydrogens (tertiary/aromatic N) is 1. The molecule has 0 radical (unpaired) electrons. The fourth-order valence-corrected chi connectivity index (χ4v) is 8.89. The molecule has 0 aliphatic rings. The number of rotatable bonds is 10. The molecule has 2 nitrogen and oxygen atoms in total. The quantitative estimate of drug-likeness (QED) is 0.137. The number of furan rings is 1. The average molecular weight is 818 g/mol. The molecule has 64 heavy (non-hydrogen) atoms. The molecule has 1 aromatic heterocycles. The summed E-state index contributed by atoms with van der Waals surface area (Å²) in [6.07, 6.45) is 0. The van der Waals surface area contributed by atoms with Crippen molar-refractivity contribution in [3.8, 4) is 78.1 Å². The molecule has 0 bridgehead atoms. The number of anilines is 3. The summed E-state index contributed by atoms with van der Waals surface area (Å²) < 4.78 is 6.24. The third kappa shape index (κ3) is 7.70. The van der Waals surface area contributed by atoms with Crippen molar-refractivity contribution in [3.05, 3.63) is 261 Å². The van der Waals surface area contributed by atoms with Gasteiger partial charge in [0.1, 0.15) is 11.3 Å². The molecule has 0 aliphatic carbocycles. The summed E-state index contributed by atoms with van der Waals surface area (Å²) in [6, 6.07) is 93.2. The van der Waals surface area contributed by atoms with Crippen molar-refractivity contribution in [1.82, 2.24) is 0 Å². The Morgan fingerprint density at radius 3 is 1.11 bits per heavy atom. The van der Waals surface area contributed by atoms with Crippen molar-refractivity contribution < 1.29 is 4.42 Å². The number of hydrogen-bond donors (Lipinski definition) is 0. The molecule has 0 aliphatic heterocycles. The van der Waals surface area contributed by atoms with Crippen molar-refractivity contribution >= 4 is 28.0 Å². The minimum Gasteiger partial charge on any atom is -0.456 e. The largest absolute Gasteiger partial charge is 0.456 e. The summed E-state index contributed by atoms with van der Waals surface area (Å²) in [7, 11) is 0. The van der Waals surface area contributed by atoms with E-state index in [1.807, 2.05) is 18.2 Å². The van der Waals surface area contributed by atoms with Crippen LogP contribution in [0.25, 0.3) is 89.1 Å². The molecule has 0 saturated heterocycles. The van der Waals surface area contributed by atoms with Gasteiger partial charge in [0.2, 0.25) is 0 Å². The number of para-hydroxylation sites is 1. The predicted octanol–water partition coefficient (Wildman–Crippen LogP) is 17.6. The summed E-state index contributed by atoms with van der Waals surface area (Å²) in [5.41, 5.74) is 19.4. The Morgan fingerprint density at radius 2 is 0.594 bits per heavy atom. The van der Waals surface area contributed by atoms with Gasteiger partial charge in [0.15, 0.2) is 0 Å². The minimum atomic E-state index is 0.868. The fourth-order valence-electron chi connectivity index (χ4n) is 8.89. The Bertz CT molecular complexity index is 3320. The highest BCUT2D eigenvalue weighted by molar-refractivity contribution is 5.92. The Morgan fingerprint density at radius 1 is 0.234 bits per heavy atom. The van der Waals surface area contributed by atoms with E-state index in [1.54, 1.807) is 0 Å². The summed E-state index contributed by atoms with van der Waals surface area (Å²) >= 11 is 0. The van der Waals surface area contributed by atoms with Crippen LogP contribution in [0.3, 0.4) is 0 Å². The predicted molar refractivity (Wildman–Crippen MR) is 269 cm³/mol. The van der Waals surface area contributed by atoms with Crippen molar-refractivity contribution in [2.24, 2.45) is 0 Å². The highest BCUT2D eigenvalue weighted by atomic mass is 16.3. The van der Waals surface area contributed by atoms with E-state index in [-0.39, 0.29) is 0 Å². The highest BCUT2D eigenvalue weighted by Crippen LogP contribution is 2.42. The van der Waals surface area contributed by atoms with Crippen LogP contribution in [-0.4, -0.2) is 0 Å². The zero-order valence-electron chi connectivity index (χ0n) is 35.2. The van der Waals surface area contributed by atoms with E-state index in [1.165, 1.54) is 50.1 Å². The van der Waals surface area contributed by atoms with Crippen LogP contribution >= 0.6 is 0 Å². The van der Waals surface area contributed by atoms with Crippen LogP contribution in [0.5, 0.6) is 0 Å². The first-order chi connectivity index (χ1) is 31.7. The summed E-state index contributed by atoms with van der Waals surface area (Å²) in [4.78, 5) is 2.35. The van der Waals surface area contributed by atoms with E-state index < -0.39 is 0 Å². The number of fused-ring (bicyclic) bond motifs is 1. The lowest BCUT2D eigenvalue weighted by atomic mass is 9.89.